The third-order valence-corrected chi connectivity index (χ3v) is 8.71. The fourth-order valence-electron chi connectivity index (χ4n) is 7.31. The number of rotatable bonds is 4. The van der Waals surface area contributed by atoms with Crippen LogP contribution in [0, 0.1) is 17.8 Å². The van der Waals surface area contributed by atoms with Gasteiger partial charge < -0.3 is 14.6 Å². The summed E-state index contributed by atoms with van der Waals surface area (Å²) in [5.41, 5.74) is 3.03. The first-order valence-corrected chi connectivity index (χ1v) is 11.0. The van der Waals surface area contributed by atoms with E-state index in [1.165, 1.54) is 56.3 Å². The van der Waals surface area contributed by atoms with Crippen LogP contribution in [0.5, 0.6) is 11.5 Å². The second-order valence-electron chi connectivity index (χ2n) is 9.65. The van der Waals surface area contributed by atoms with E-state index in [1.807, 2.05) is 0 Å². The molecule has 2 bridgehead atoms. The minimum atomic E-state index is 0.101. The van der Waals surface area contributed by atoms with E-state index in [0.717, 1.165) is 30.3 Å². The Labute approximate surface area is 161 Å². The Morgan fingerprint density at radius 1 is 1.26 bits per heavy atom. The number of methoxy groups -OCH3 is 1. The molecule has 5 atom stereocenters. The zero-order valence-electron chi connectivity index (χ0n) is 16.3. The van der Waals surface area contributed by atoms with Crippen molar-refractivity contribution in [3.63, 3.8) is 0 Å². The van der Waals surface area contributed by atoms with Crippen LogP contribution in [0.3, 0.4) is 0 Å². The van der Waals surface area contributed by atoms with Crippen molar-refractivity contribution in [2.24, 2.45) is 17.8 Å². The highest BCUT2D eigenvalue weighted by molar-refractivity contribution is 5.61. The van der Waals surface area contributed by atoms with Gasteiger partial charge in [-0.3, -0.25) is 4.90 Å². The monoisotopic (exact) mass is 369 g/mol. The molecule has 0 radical (unpaired) electrons. The zero-order valence-corrected chi connectivity index (χ0v) is 16.3. The highest BCUT2D eigenvalue weighted by Crippen LogP contribution is 2.64. The molecule has 2 saturated carbocycles. The molecule has 6 rings (SSSR count). The second-order valence-corrected chi connectivity index (χ2v) is 9.65. The molecule has 1 spiro atoms. The third-order valence-electron chi connectivity index (χ3n) is 8.71. The molecule has 2 unspecified atom stereocenters. The van der Waals surface area contributed by atoms with E-state index in [4.69, 9.17) is 9.47 Å². The van der Waals surface area contributed by atoms with Crippen LogP contribution < -0.4 is 9.47 Å². The highest BCUT2D eigenvalue weighted by atomic mass is 16.5. The molecule has 3 aliphatic carbocycles. The van der Waals surface area contributed by atoms with Gasteiger partial charge in [-0.2, -0.15) is 0 Å². The van der Waals surface area contributed by atoms with Crippen LogP contribution in [0.2, 0.25) is 0 Å². The van der Waals surface area contributed by atoms with Gasteiger partial charge in [0.1, 0.15) is 6.10 Å². The summed E-state index contributed by atoms with van der Waals surface area (Å²) in [5.74, 6) is 3.72. The topological polar surface area (TPSA) is 41.9 Å². The minimum Gasteiger partial charge on any atom is -0.493 e. The fraction of sp³-hybridized carbons (Fsp3) is 0.739. The Morgan fingerprint density at radius 3 is 2.89 bits per heavy atom. The summed E-state index contributed by atoms with van der Waals surface area (Å²) >= 11 is 0. The van der Waals surface area contributed by atoms with Crippen LogP contribution in [-0.2, 0) is 11.8 Å². The van der Waals surface area contributed by atoms with E-state index < -0.39 is 0 Å². The molecule has 1 saturated heterocycles. The van der Waals surface area contributed by atoms with Crippen LogP contribution in [0.15, 0.2) is 12.1 Å². The summed E-state index contributed by atoms with van der Waals surface area (Å²) in [4.78, 5) is 2.83. The first kappa shape index (κ1) is 16.7. The number of likely N-dealkylation sites (tertiary alicyclic amines) is 1. The quantitative estimate of drug-likeness (QED) is 0.885. The normalized spacial score (nSPS) is 39.5. The maximum absolute atomic E-state index is 10.1. The summed E-state index contributed by atoms with van der Waals surface area (Å²) in [6, 6.07) is 5.04. The maximum atomic E-state index is 10.1. The van der Waals surface area contributed by atoms with Crippen molar-refractivity contribution in [1.82, 2.24) is 4.90 Å². The first-order chi connectivity index (χ1) is 13.3. The SMILES string of the molecule is COc1ccc2c3c1O[C@@H]1C(CO)CC[C@@H]4[C@H](C2)N(CC2CCC2)CCC314. The Hall–Kier alpha value is -1.26. The summed E-state index contributed by atoms with van der Waals surface area (Å²) < 4.78 is 12.3. The van der Waals surface area contributed by atoms with E-state index in [2.05, 4.69) is 17.0 Å². The van der Waals surface area contributed by atoms with Crippen LogP contribution >= 0.6 is 0 Å². The molecule has 0 aromatic heterocycles. The smallest absolute Gasteiger partial charge is 0.165 e. The molecule has 4 heteroatoms. The zero-order chi connectivity index (χ0) is 18.2. The molecule has 4 nitrogen and oxygen atoms in total. The molecule has 1 N–H and O–H groups in total. The van der Waals surface area contributed by atoms with Gasteiger partial charge in [-0.1, -0.05) is 12.5 Å². The number of ether oxygens (including phenoxy) is 2. The Kier molecular flexibility index (Phi) is 3.62. The van der Waals surface area contributed by atoms with Crippen molar-refractivity contribution >= 4 is 0 Å². The maximum Gasteiger partial charge on any atom is 0.165 e. The molecule has 3 fully saturated rings. The molecule has 1 aromatic rings. The summed E-state index contributed by atoms with van der Waals surface area (Å²) in [6.45, 7) is 2.72. The lowest BCUT2D eigenvalue weighted by Gasteiger charge is -2.60. The van der Waals surface area contributed by atoms with Gasteiger partial charge >= 0.3 is 0 Å². The van der Waals surface area contributed by atoms with Gasteiger partial charge in [-0.15, -0.1) is 0 Å². The van der Waals surface area contributed by atoms with Gasteiger partial charge in [0, 0.05) is 36.1 Å². The molecule has 27 heavy (non-hydrogen) atoms. The van der Waals surface area contributed by atoms with Crippen molar-refractivity contribution in [2.45, 2.75) is 62.5 Å². The summed E-state index contributed by atoms with van der Waals surface area (Å²) in [7, 11) is 1.75. The van der Waals surface area contributed by atoms with Crippen LogP contribution in [0.25, 0.3) is 0 Å². The lowest BCUT2D eigenvalue weighted by atomic mass is 9.50. The number of hydrogen-bond donors (Lipinski definition) is 1. The molecule has 146 valence electrons. The Morgan fingerprint density at radius 2 is 2.15 bits per heavy atom. The van der Waals surface area contributed by atoms with E-state index in [0.29, 0.717) is 12.0 Å². The van der Waals surface area contributed by atoms with Crippen molar-refractivity contribution in [3.8, 4) is 11.5 Å². The van der Waals surface area contributed by atoms with Crippen molar-refractivity contribution in [1.29, 1.82) is 0 Å². The van der Waals surface area contributed by atoms with Gasteiger partial charge in [-0.25, -0.2) is 0 Å². The predicted molar refractivity (Wildman–Crippen MR) is 103 cm³/mol. The number of benzene rings is 1. The Balaban J connectivity index is 1.47. The number of hydrogen-bond acceptors (Lipinski definition) is 4. The van der Waals surface area contributed by atoms with E-state index in [-0.39, 0.29) is 24.0 Å². The first-order valence-electron chi connectivity index (χ1n) is 11.0. The standard InChI is InChI=1S/C23H31NO3/c1-26-19-8-6-15-11-18-17-7-5-16(13-25)22-23(17,20(15)21(19)27-22)9-10-24(18)12-14-3-2-4-14/h6,8,14,16-18,22,25H,2-5,7,9-13H2,1H3/t16?,17-,18+,22-,23?/m1/s1. The van der Waals surface area contributed by atoms with Gasteiger partial charge in [-0.05, 0) is 68.5 Å². The number of aliphatic hydroxyl groups excluding tert-OH is 1. The molecule has 2 aliphatic heterocycles. The molecule has 1 aromatic carbocycles. The molecular formula is C23H31NO3. The summed E-state index contributed by atoms with van der Waals surface area (Å²) in [6.07, 6.45) is 9.06. The average molecular weight is 370 g/mol. The average Bonchev–Trinajstić information content (AvgIpc) is 3.00. The second kappa shape index (κ2) is 5.87. The van der Waals surface area contributed by atoms with Crippen molar-refractivity contribution in [2.75, 3.05) is 26.8 Å². The van der Waals surface area contributed by atoms with Crippen molar-refractivity contribution in [3.05, 3.63) is 23.3 Å². The number of piperidine rings is 1. The van der Waals surface area contributed by atoms with Gasteiger partial charge in [0.05, 0.1) is 7.11 Å². The number of aliphatic hydroxyl groups is 1. The molecular weight excluding hydrogens is 338 g/mol. The minimum absolute atomic E-state index is 0.101. The van der Waals surface area contributed by atoms with E-state index in [9.17, 15) is 5.11 Å². The lowest BCUT2D eigenvalue weighted by Crippen LogP contribution is -2.66. The van der Waals surface area contributed by atoms with Gasteiger partial charge in [0.15, 0.2) is 11.5 Å². The van der Waals surface area contributed by atoms with E-state index in [1.54, 1.807) is 7.11 Å². The van der Waals surface area contributed by atoms with Gasteiger partial charge in [0.25, 0.3) is 0 Å². The van der Waals surface area contributed by atoms with E-state index >= 15 is 0 Å². The molecule has 0 amide bonds. The van der Waals surface area contributed by atoms with Crippen LogP contribution in [-0.4, -0.2) is 49.0 Å². The fourth-order valence-corrected chi connectivity index (χ4v) is 7.31. The number of nitrogens with zero attached hydrogens (tertiary/aromatic N) is 1. The van der Waals surface area contributed by atoms with Crippen LogP contribution in [0.1, 0.15) is 49.7 Å². The lowest BCUT2D eigenvalue weighted by molar-refractivity contribution is -0.0897. The predicted octanol–water partition coefficient (Wildman–Crippen LogP) is 3.14. The van der Waals surface area contributed by atoms with Gasteiger partial charge in [0.2, 0.25) is 0 Å². The molecule has 2 heterocycles. The highest BCUT2D eigenvalue weighted by Gasteiger charge is 2.65. The molecule has 5 aliphatic rings. The largest absolute Gasteiger partial charge is 0.493 e. The van der Waals surface area contributed by atoms with Crippen LogP contribution in [0.4, 0.5) is 0 Å². The van der Waals surface area contributed by atoms with Crippen molar-refractivity contribution < 1.29 is 14.6 Å². The Bertz CT molecular complexity index is 760. The summed E-state index contributed by atoms with van der Waals surface area (Å²) in [5, 5.41) is 10.1. The third kappa shape index (κ3) is 2.06.